The summed E-state index contributed by atoms with van der Waals surface area (Å²) in [6.07, 6.45) is 4.57. The maximum absolute atomic E-state index is 12.1. The third-order valence-electron chi connectivity index (χ3n) is 4.29. The summed E-state index contributed by atoms with van der Waals surface area (Å²) in [6.45, 7) is 2.07. The van der Waals surface area contributed by atoms with Gasteiger partial charge in [0.05, 0.1) is 19.3 Å². The Labute approximate surface area is 123 Å². The van der Waals surface area contributed by atoms with Crippen molar-refractivity contribution in [3.05, 3.63) is 17.5 Å². The van der Waals surface area contributed by atoms with Gasteiger partial charge >= 0.3 is 0 Å². The maximum Gasteiger partial charge on any atom is 0.236 e. The quantitative estimate of drug-likeness (QED) is 0.761. The van der Waals surface area contributed by atoms with Crippen LogP contribution in [0.3, 0.4) is 0 Å². The van der Waals surface area contributed by atoms with Gasteiger partial charge in [-0.25, -0.2) is 0 Å². The van der Waals surface area contributed by atoms with Gasteiger partial charge in [0.25, 0.3) is 0 Å². The van der Waals surface area contributed by atoms with Gasteiger partial charge in [0.2, 0.25) is 11.8 Å². The lowest BCUT2D eigenvalue weighted by molar-refractivity contribution is -0.135. The van der Waals surface area contributed by atoms with Crippen LogP contribution < -0.4 is 5.32 Å². The molecular weight excluding hydrogens is 270 g/mol. The summed E-state index contributed by atoms with van der Waals surface area (Å²) in [7, 11) is 1.80. The maximum atomic E-state index is 12.1. The molecule has 1 saturated heterocycles. The molecule has 7 nitrogen and oxygen atoms in total. The molecule has 2 N–H and O–H groups in total. The molecule has 1 aliphatic heterocycles. The molecule has 7 heteroatoms. The number of aromatic nitrogens is 2. The molecule has 1 aliphatic carbocycles. The highest BCUT2D eigenvalue weighted by Gasteiger charge is 2.25. The van der Waals surface area contributed by atoms with Crippen LogP contribution in [0.25, 0.3) is 0 Å². The monoisotopic (exact) mass is 291 g/mol. The van der Waals surface area contributed by atoms with Crippen molar-refractivity contribution in [3.63, 3.8) is 0 Å². The number of fused-ring (bicyclic) bond motifs is 1. The standard InChI is InChI=1S/C14H21N5O2/c1-18-4-5-19(9-14(18)21)8-13(20)16-11-3-2-10-7-15-17-12(10)6-11/h7,11H,2-6,8-9H2,1H3,(H,15,17)(H,16,20). The average Bonchev–Trinajstić information content (AvgIpc) is 2.90. The normalized spacial score (nSPS) is 23.0. The number of aryl methyl sites for hydroxylation is 1. The zero-order chi connectivity index (χ0) is 14.8. The van der Waals surface area contributed by atoms with Gasteiger partial charge in [-0.15, -0.1) is 0 Å². The minimum atomic E-state index is 0.000295. The van der Waals surface area contributed by atoms with Crippen molar-refractivity contribution in [1.82, 2.24) is 25.3 Å². The summed E-state index contributed by atoms with van der Waals surface area (Å²) in [4.78, 5) is 27.3. The minimum absolute atomic E-state index is 0.000295. The van der Waals surface area contributed by atoms with E-state index in [9.17, 15) is 9.59 Å². The second-order valence-corrected chi connectivity index (χ2v) is 5.91. The van der Waals surface area contributed by atoms with Crippen molar-refractivity contribution >= 4 is 11.8 Å². The molecule has 1 aromatic rings. The van der Waals surface area contributed by atoms with E-state index in [0.29, 0.717) is 19.6 Å². The van der Waals surface area contributed by atoms with Crippen LogP contribution in [-0.4, -0.2) is 71.1 Å². The largest absolute Gasteiger partial charge is 0.352 e. The SMILES string of the molecule is CN1CCN(CC(=O)NC2CCc3cn[nH]c3C2)CC1=O. The number of carbonyl (C=O) groups is 2. The van der Waals surface area contributed by atoms with E-state index in [1.807, 2.05) is 11.1 Å². The fourth-order valence-electron chi connectivity index (χ4n) is 2.95. The van der Waals surface area contributed by atoms with Crippen molar-refractivity contribution in [1.29, 1.82) is 0 Å². The molecule has 3 rings (SSSR count). The zero-order valence-electron chi connectivity index (χ0n) is 12.3. The van der Waals surface area contributed by atoms with Crippen molar-refractivity contribution in [3.8, 4) is 0 Å². The molecule has 114 valence electrons. The van der Waals surface area contributed by atoms with Crippen molar-refractivity contribution in [2.75, 3.05) is 33.2 Å². The molecule has 2 heterocycles. The summed E-state index contributed by atoms with van der Waals surface area (Å²) in [6, 6.07) is 0.161. The minimum Gasteiger partial charge on any atom is -0.352 e. The molecule has 1 fully saturated rings. The Morgan fingerprint density at radius 2 is 2.38 bits per heavy atom. The lowest BCUT2D eigenvalue weighted by atomic mass is 9.94. The predicted octanol–water partition coefficient (Wildman–Crippen LogP) is -0.843. The second kappa shape index (κ2) is 5.85. The number of amides is 2. The Morgan fingerprint density at radius 3 is 3.19 bits per heavy atom. The number of aromatic amines is 1. The summed E-state index contributed by atoms with van der Waals surface area (Å²) in [5.74, 6) is 0.0779. The number of hydrogen-bond donors (Lipinski definition) is 2. The second-order valence-electron chi connectivity index (χ2n) is 5.91. The van der Waals surface area contributed by atoms with Crippen molar-refractivity contribution in [2.45, 2.75) is 25.3 Å². The van der Waals surface area contributed by atoms with E-state index in [0.717, 1.165) is 31.5 Å². The van der Waals surface area contributed by atoms with Gasteiger partial charge in [0.15, 0.2) is 0 Å². The number of likely N-dealkylation sites (N-methyl/N-ethyl adjacent to an activating group) is 1. The number of rotatable bonds is 3. The molecule has 1 atom stereocenters. The van der Waals surface area contributed by atoms with E-state index in [2.05, 4.69) is 15.5 Å². The molecule has 0 bridgehead atoms. The molecule has 0 radical (unpaired) electrons. The molecule has 1 unspecified atom stereocenters. The van der Waals surface area contributed by atoms with Gasteiger partial charge in [0, 0.05) is 38.3 Å². The van der Waals surface area contributed by atoms with Crippen LogP contribution in [0, 0.1) is 0 Å². The van der Waals surface area contributed by atoms with Crippen LogP contribution in [0.1, 0.15) is 17.7 Å². The first-order valence-corrected chi connectivity index (χ1v) is 7.38. The number of nitrogens with zero attached hydrogens (tertiary/aromatic N) is 3. The molecule has 0 saturated carbocycles. The third kappa shape index (κ3) is 3.24. The molecule has 21 heavy (non-hydrogen) atoms. The fourth-order valence-corrected chi connectivity index (χ4v) is 2.95. The number of H-pyrrole nitrogens is 1. The van der Waals surface area contributed by atoms with E-state index >= 15 is 0 Å². The molecular formula is C14H21N5O2. The first-order valence-electron chi connectivity index (χ1n) is 7.38. The first-order chi connectivity index (χ1) is 10.1. The van der Waals surface area contributed by atoms with Crippen LogP contribution in [0.4, 0.5) is 0 Å². The van der Waals surface area contributed by atoms with E-state index in [1.54, 1.807) is 11.9 Å². The van der Waals surface area contributed by atoms with E-state index in [4.69, 9.17) is 0 Å². The summed E-state index contributed by atoms with van der Waals surface area (Å²) in [5.41, 5.74) is 2.38. The van der Waals surface area contributed by atoms with Crippen molar-refractivity contribution < 1.29 is 9.59 Å². The van der Waals surface area contributed by atoms with Gasteiger partial charge in [-0.2, -0.15) is 5.10 Å². The summed E-state index contributed by atoms with van der Waals surface area (Å²) in [5, 5.41) is 10.1. The van der Waals surface area contributed by atoms with Gasteiger partial charge < -0.3 is 10.2 Å². The topological polar surface area (TPSA) is 81.3 Å². The predicted molar refractivity (Wildman–Crippen MR) is 76.6 cm³/mol. The van der Waals surface area contributed by atoms with Crippen LogP contribution in [0.15, 0.2) is 6.20 Å². The van der Waals surface area contributed by atoms with Crippen LogP contribution in [-0.2, 0) is 22.4 Å². The van der Waals surface area contributed by atoms with Crippen LogP contribution >= 0.6 is 0 Å². The lowest BCUT2D eigenvalue weighted by Crippen LogP contribution is -2.52. The zero-order valence-corrected chi connectivity index (χ0v) is 12.3. The molecule has 2 amide bonds. The van der Waals surface area contributed by atoms with Crippen LogP contribution in [0.5, 0.6) is 0 Å². The highest BCUT2D eigenvalue weighted by Crippen LogP contribution is 2.18. The molecule has 2 aliphatic rings. The van der Waals surface area contributed by atoms with Crippen molar-refractivity contribution in [2.24, 2.45) is 0 Å². The number of piperazine rings is 1. The van der Waals surface area contributed by atoms with Gasteiger partial charge in [-0.05, 0) is 18.4 Å². The molecule has 0 spiro atoms. The summed E-state index contributed by atoms with van der Waals surface area (Å²) >= 11 is 0. The number of carbonyl (C=O) groups excluding carboxylic acids is 2. The van der Waals surface area contributed by atoms with E-state index < -0.39 is 0 Å². The number of nitrogens with one attached hydrogen (secondary N) is 2. The Hall–Kier alpha value is -1.89. The Balaban J connectivity index is 1.48. The molecule has 0 aromatic carbocycles. The van der Waals surface area contributed by atoms with Gasteiger partial charge in [-0.3, -0.25) is 19.6 Å². The third-order valence-corrected chi connectivity index (χ3v) is 4.29. The fraction of sp³-hybridized carbons (Fsp3) is 0.643. The highest BCUT2D eigenvalue weighted by molar-refractivity contribution is 5.82. The smallest absolute Gasteiger partial charge is 0.236 e. The highest BCUT2D eigenvalue weighted by atomic mass is 16.2. The summed E-state index contributed by atoms with van der Waals surface area (Å²) < 4.78 is 0. The van der Waals surface area contributed by atoms with Gasteiger partial charge in [-0.1, -0.05) is 0 Å². The Morgan fingerprint density at radius 1 is 1.52 bits per heavy atom. The van der Waals surface area contributed by atoms with E-state index in [-0.39, 0.29) is 17.9 Å². The van der Waals surface area contributed by atoms with Gasteiger partial charge in [0.1, 0.15) is 0 Å². The Bertz CT molecular complexity index is 541. The van der Waals surface area contributed by atoms with E-state index in [1.165, 1.54) is 5.56 Å². The molecule has 1 aromatic heterocycles. The average molecular weight is 291 g/mol. The number of hydrogen-bond acceptors (Lipinski definition) is 4. The first kappa shape index (κ1) is 14.1. The Kier molecular flexibility index (Phi) is 3.92. The lowest BCUT2D eigenvalue weighted by Gasteiger charge is -2.32. The van der Waals surface area contributed by atoms with Crippen LogP contribution in [0.2, 0.25) is 0 Å².